The lowest BCUT2D eigenvalue weighted by molar-refractivity contribution is 1.23. The van der Waals surface area contributed by atoms with Crippen LogP contribution in [0.1, 0.15) is 0 Å². The molecule has 3 nitrogen and oxygen atoms in total. The topological polar surface area (TPSA) is 38.7 Å². The second-order valence-corrected chi connectivity index (χ2v) is 7.18. The average molecular weight is 374 g/mol. The van der Waals surface area contributed by atoms with E-state index in [1.54, 1.807) is 11.3 Å². The number of fused-ring (bicyclic) bond motifs is 2. The van der Waals surface area contributed by atoms with Gasteiger partial charge in [-0.2, -0.15) is 0 Å². The van der Waals surface area contributed by atoms with Crippen molar-refractivity contribution in [2.75, 3.05) is 0 Å². The molecule has 5 heteroatoms. The highest BCUT2D eigenvalue weighted by Gasteiger charge is 2.12. The van der Waals surface area contributed by atoms with Crippen molar-refractivity contribution < 1.29 is 0 Å². The smallest absolute Gasteiger partial charge is 0.141 e. The number of rotatable bonds is 2. The molecule has 0 saturated heterocycles. The number of nitrogens with zero attached hydrogens (tertiary/aromatic N) is 3. The van der Waals surface area contributed by atoms with Crippen molar-refractivity contribution in [1.29, 1.82) is 0 Å². The van der Waals surface area contributed by atoms with E-state index < -0.39 is 0 Å². The van der Waals surface area contributed by atoms with Gasteiger partial charge in [0.15, 0.2) is 0 Å². The van der Waals surface area contributed by atoms with Gasteiger partial charge in [-0.15, -0.1) is 11.3 Å². The zero-order valence-electron chi connectivity index (χ0n) is 13.6. The van der Waals surface area contributed by atoms with Crippen LogP contribution >= 0.6 is 22.9 Å². The number of pyridine rings is 1. The van der Waals surface area contributed by atoms with Crippen molar-refractivity contribution in [2.45, 2.75) is 0 Å². The van der Waals surface area contributed by atoms with Crippen LogP contribution < -0.4 is 0 Å². The highest BCUT2D eigenvalue weighted by Crippen LogP contribution is 2.37. The van der Waals surface area contributed by atoms with E-state index in [9.17, 15) is 0 Å². The molecular weight excluding hydrogens is 362 g/mol. The molecule has 5 aromatic rings. The maximum Gasteiger partial charge on any atom is 0.141 e. The van der Waals surface area contributed by atoms with Gasteiger partial charge >= 0.3 is 0 Å². The molecule has 0 aliphatic carbocycles. The Morgan fingerprint density at radius 1 is 0.846 bits per heavy atom. The summed E-state index contributed by atoms with van der Waals surface area (Å²) in [5.41, 5.74) is 5.14. The van der Waals surface area contributed by atoms with Crippen LogP contribution in [0.5, 0.6) is 0 Å². The second kappa shape index (κ2) is 6.16. The standard InChI is InChI=1S/C21H12ClN3S/c22-20-19-16(11-26-21(19)24-12-23-20)15-7-6-14-8-9-17(25-18(14)10-15)13-4-2-1-3-5-13/h1-12H. The molecule has 3 heterocycles. The zero-order chi connectivity index (χ0) is 17.5. The highest BCUT2D eigenvalue weighted by molar-refractivity contribution is 7.17. The SMILES string of the molecule is Clc1ncnc2scc(-c3ccc4ccc(-c5ccccc5)nc4c3)c12. The van der Waals surface area contributed by atoms with E-state index in [4.69, 9.17) is 16.6 Å². The van der Waals surface area contributed by atoms with E-state index in [0.717, 1.165) is 43.5 Å². The van der Waals surface area contributed by atoms with E-state index >= 15 is 0 Å². The molecule has 26 heavy (non-hydrogen) atoms. The molecule has 0 saturated carbocycles. The van der Waals surface area contributed by atoms with Gasteiger partial charge in [-0.1, -0.05) is 60.1 Å². The summed E-state index contributed by atoms with van der Waals surface area (Å²) in [6.07, 6.45) is 1.50. The molecule has 124 valence electrons. The Morgan fingerprint density at radius 3 is 2.58 bits per heavy atom. The van der Waals surface area contributed by atoms with Crippen LogP contribution in [0.2, 0.25) is 5.15 Å². The third-order valence-corrected chi connectivity index (χ3v) is 5.57. The number of benzene rings is 2. The average Bonchev–Trinajstić information content (AvgIpc) is 3.13. The summed E-state index contributed by atoms with van der Waals surface area (Å²) in [7, 11) is 0. The molecule has 3 aromatic heterocycles. The van der Waals surface area contributed by atoms with Crippen molar-refractivity contribution in [3.05, 3.63) is 77.5 Å². The Balaban J connectivity index is 1.69. The predicted octanol–water partition coefficient (Wildman–Crippen LogP) is 6.23. The maximum absolute atomic E-state index is 6.32. The fraction of sp³-hybridized carbons (Fsp3) is 0. The number of halogens is 1. The van der Waals surface area contributed by atoms with Gasteiger partial charge in [0.25, 0.3) is 0 Å². The van der Waals surface area contributed by atoms with Crippen molar-refractivity contribution in [3.63, 3.8) is 0 Å². The van der Waals surface area contributed by atoms with Gasteiger partial charge in [-0.3, -0.25) is 0 Å². The molecule has 2 aromatic carbocycles. The molecule has 0 N–H and O–H groups in total. The number of thiophene rings is 1. The minimum atomic E-state index is 0.484. The van der Waals surface area contributed by atoms with Crippen LogP contribution in [0, 0.1) is 0 Å². The Kier molecular flexibility index (Phi) is 3.66. The quantitative estimate of drug-likeness (QED) is 0.344. The molecule has 0 fully saturated rings. The van der Waals surface area contributed by atoms with E-state index in [1.807, 2.05) is 18.2 Å². The largest absolute Gasteiger partial charge is 0.248 e. The first-order chi connectivity index (χ1) is 12.8. The summed E-state index contributed by atoms with van der Waals surface area (Å²) in [6, 6.07) is 20.7. The van der Waals surface area contributed by atoms with Gasteiger partial charge in [0.1, 0.15) is 16.3 Å². The van der Waals surface area contributed by atoms with E-state index in [2.05, 4.69) is 57.8 Å². The van der Waals surface area contributed by atoms with Gasteiger partial charge in [0.05, 0.1) is 16.6 Å². The minimum absolute atomic E-state index is 0.484. The zero-order valence-corrected chi connectivity index (χ0v) is 15.1. The summed E-state index contributed by atoms with van der Waals surface area (Å²) >= 11 is 7.89. The molecule has 0 aliphatic rings. The Labute approximate surface area is 159 Å². The first-order valence-electron chi connectivity index (χ1n) is 8.14. The lowest BCUT2D eigenvalue weighted by Gasteiger charge is -2.06. The molecule has 0 radical (unpaired) electrons. The summed E-state index contributed by atoms with van der Waals surface area (Å²) in [6.45, 7) is 0. The van der Waals surface area contributed by atoms with E-state index in [-0.39, 0.29) is 0 Å². The highest BCUT2D eigenvalue weighted by atomic mass is 35.5. The van der Waals surface area contributed by atoms with Crippen molar-refractivity contribution >= 4 is 44.1 Å². The van der Waals surface area contributed by atoms with Gasteiger partial charge in [-0.05, 0) is 17.7 Å². The Morgan fingerprint density at radius 2 is 1.69 bits per heavy atom. The van der Waals surface area contributed by atoms with Crippen molar-refractivity contribution in [2.24, 2.45) is 0 Å². The first-order valence-corrected chi connectivity index (χ1v) is 9.40. The van der Waals surface area contributed by atoms with Crippen LogP contribution in [0.3, 0.4) is 0 Å². The molecule has 5 rings (SSSR count). The minimum Gasteiger partial charge on any atom is -0.248 e. The molecule has 0 amide bonds. The number of hydrogen-bond acceptors (Lipinski definition) is 4. The third-order valence-electron chi connectivity index (χ3n) is 4.40. The fourth-order valence-electron chi connectivity index (χ4n) is 3.11. The summed E-state index contributed by atoms with van der Waals surface area (Å²) in [5.74, 6) is 0. The Bertz CT molecular complexity index is 1250. The fourth-order valence-corrected chi connectivity index (χ4v) is 4.31. The predicted molar refractivity (Wildman–Crippen MR) is 109 cm³/mol. The van der Waals surface area contributed by atoms with E-state index in [1.165, 1.54) is 6.33 Å². The Hall–Kier alpha value is -2.82. The summed E-state index contributed by atoms with van der Waals surface area (Å²) in [5, 5.41) is 4.57. The lowest BCUT2D eigenvalue weighted by Crippen LogP contribution is -1.87. The van der Waals surface area contributed by atoms with E-state index in [0.29, 0.717) is 5.15 Å². The van der Waals surface area contributed by atoms with Gasteiger partial charge < -0.3 is 0 Å². The van der Waals surface area contributed by atoms with Gasteiger partial charge in [-0.25, -0.2) is 15.0 Å². The van der Waals surface area contributed by atoms with Crippen molar-refractivity contribution in [1.82, 2.24) is 15.0 Å². The first kappa shape index (κ1) is 15.4. The molecule has 0 aliphatic heterocycles. The van der Waals surface area contributed by atoms with Crippen LogP contribution in [0.25, 0.3) is 43.5 Å². The lowest BCUT2D eigenvalue weighted by atomic mass is 10.0. The van der Waals surface area contributed by atoms with Crippen LogP contribution in [0.4, 0.5) is 0 Å². The van der Waals surface area contributed by atoms with Crippen molar-refractivity contribution in [3.8, 4) is 22.4 Å². The monoisotopic (exact) mass is 373 g/mol. The van der Waals surface area contributed by atoms with Gasteiger partial charge in [0, 0.05) is 21.9 Å². The normalized spacial score (nSPS) is 11.3. The molecule has 0 bridgehead atoms. The van der Waals surface area contributed by atoms with Gasteiger partial charge in [0.2, 0.25) is 0 Å². The molecule has 0 unspecified atom stereocenters. The number of aromatic nitrogens is 3. The van der Waals surface area contributed by atoms with Crippen LogP contribution in [0.15, 0.2) is 72.4 Å². The summed E-state index contributed by atoms with van der Waals surface area (Å²) in [4.78, 5) is 14.2. The molecule has 0 spiro atoms. The van der Waals surface area contributed by atoms with Crippen LogP contribution in [-0.4, -0.2) is 15.0 Å². The molecule has 0 atom stereocenters. The third kappa shape index (κ3) is 2.55. The molecular formula is C21H12ClN3S. The summed E-state index contributed by atoms with van der Waals surface area (Å²) < 4.78 is 0. The maximum atomic E-state index is 6.32. The second-order valence-electron chi connectivity index (χ2n) is 5.96. The number of hydrogen-bond donors (Lipinski definition) is 0. The van der Waals surface area contributed by atoms with Crippen LogP contribution in [-0.2, 0) is 0 Å².